The first-order valence-electron chi connectivity index (χ1n) is 1.69. The van der Waals surface area contributed by atoms with Gasteiger partial charge >= 0.3 is 12.1 Å². The van der Waals surface area contributed by atoms with Crippen LogP contribution in [0.2, 0.25) is 0 Å². The van der Waals surface area contributed by atoms with Gasteiger partial charge < -0.3 is 10.2 Å². The van der Waals surface area contributed by atoms with Gasteiger partial charge in [-0.2, -0.15) is 13.2 Å². The van der Waals surface area contributed by atoms with Crippen LogP contribution in [0.1, 0.15) is 0 Å². The van der Waals surface area contributed by atoms with Crippen LogP contribution in [0.3, 0.4) is 0 Å². The first kappa shape index (κ1) is 16.5. The van der Waals surface area contributed by atoms with Gasteiger partial charge in [0.15, 0.2) is 0 Å². The van der Waals surface area contributed by atoms with Crippen LogP contribution in [0.15, 0.2) is 0 Å². The van der Waals surface area contributed by atoms with Gasteiger partial charge in [0.05, 0.1) is 0 Å². The van der Waals surface area contributed by atoms with Crippen LogP contribution in [0.25, 0.3) is 0 Å². The molecule has 0 aromatic rings. The number of carbonyl (C=O) groups is 1. The van der Waals surface area contributed by atoms with Crippen molar-refractivity contribution in [2.24, 2.45) is 0 Å². The van der Waals surface area contributed by atoms with E-state index in [0.29, 0.717) is 0 Å². The number of alkyl halides is 3. The number of aliphatic hydroxyl groups excluding tert-OH is 1. The average Bonchev–Trinajstić information content (AvgIpc) is 1.69. The summed E-state index contributed by atoms with van der Waals surface area (Å²) in [5, 5.41) is 14.1. The van der Waals surface area contributed by atoms with Crippen molar-refractivity contribution in [3.05, 3.63) is 0 Å². The Morgan fingerprint density at radius 3 is 1.40 bits per heavy atom. The van der Waals surface area contributed by atoms with Crippen molar-refractivity contribution in [2.75, 3.05) is 7.11 Å². The van der Waals surface area contributed by atoms with E-state index in [-0.39, 0.29) is 22.4 Å². The van der Waals surface area contributed by atoms with Crippen LogP contribution in [-0.2, 0) is 27.2 Å². The van der Waals surface area contributed by atoms with Crippen LogP contribution in [-0.4, -0.2) is 29.5 Å². The molecule has 0 saturated carbocycles. The summed E-state index contributed by atoms with van der Waals surface area (Å²) in [5.41, 5.74) is 0. The topological polar surface area (TPSA) is 57.5 Å². The van der Waals surface area contributed by atoms with E-state index in [9.17, 15) is 13.2 Å². The predicted molar refractivity (Wildman–Crippen MR) is 21.8 cm³/mol. The van der Waals surface area contributed by atoms with E-state index in [2.05, 4.69) is 0 Å². The SMILES string of the molecule is CO.O=C(O)C(F)(F)F.[Ag]. The zero-order valence-corrected chi connectivity index (χ0v) is 6.22. The summed E-state index contributed by atoms with van der Waals surface area (Å²) in [6.45, 7) is 0. The molecule has 0 aliphatic carbocycles. The molecular weight excluding hydrogens is 249 g/mol. The summed E-state index contributed by atoms with van der Waals surface area (Å²) >= 11 is 0. The average molecular weight is 254 g/mol. The second-order valence-electron chi connectivity index (χ2n) is 0.803. The van der Waals surface area contributed by atoms with Crippen molar-refractivity contribution in [2.45, 2.75) is 6.18 Å². The number of hydrogen-bond acceptors (Lipinski definition) is 2. The molecule has 0 bridgehead atoms. The van der Waals surface area contributed by atoms with Gasteiger partial charge in [-0.15, -0.1) is 0 Å². The normalized spacial score (nSPS) is 8.50. The van der Waals surface area contributed by atoms with Gasteiger partial charge in [-0.3, -0.25) is 0 Å². The van der Waals surface area contributed by atoms with Crippen molar-refractivity contribution in [1.29, 1.82) is 0 Å². The summed E-state index contributed by atoms with van der Waals surface area (Å²) in [5.74, 6) is -2.76. The van der Waals surface area contributed by atoms with Crippen molar-refractivity contribution in [3.63, 3.8) is 0 Å². The van der Waals surface area contributed by atoms with Gasteiger partial charge in [-0.05, 0) is 0 Å². The Kier molecular flexibility index (Phi) is 11.7. The molecule has 0 aliphatic heterocycles. The maximum absolute atomic E-state index is 10.6. The molecule has 0 aromatic heterocycles. The van der Waals surface area contributed by atoms with Crippen molar-refractivity contribution in [1.82, 2.24) is 0 Å². The van der Waals surface area contributed by atoms with Crippen LogP contribution >= 0.6 is 0 Å². The number of rotatable bonds is 0. The van der Waals surface area contributed by atoms with Crippen molar-refractivity contribution >= 4 is 5.97 Å². The third-order valence-corrected chi connectivity index (χ3v) is 0.243. The van der Waals surface area contributed by atoms with E-state index in [1.807, 2.05) is 0 Å². The minimum atomic E-state index is -5.08. The Bertz CT molecular complexity index is 91.5. The van der Waals surface area contributed by atoms with Gasteiger partial charge in [0.2, 0.25) is 0 Å². The fourth-order valence-corrected chi connectivity index (χ4v) is 0. The van der Waals surface area contributed by atoms with Gasteiger partial charge in [-0.25, -0.2) is 4.79 Å². The summed E-state index contributed by atoms with van der Waals surface area (Å²) in [4.78, 5) is 8.90. The second kappa shape index (κ2) is 7.07. The van der Waals surface area contributed by atoms with Crippen LogP contribution in [0, 0.1) is 0 Å². The standard InChI is InChI=1S/C2HF3O2.CH4O.Ag/c3-2(4,5)1(6)7;1-2;/h(H,6,7);2H,1H3;. The number of carboxylic acid groups (broad SMARTS) is 1. The van der Waals surface area contributed by atoms with E-state index >= 15 is 0 Å². The summed E-state index contributed by atoms with van der Waals surface area (Å²) in [6, 6.07) is 0. The summed E-state index contributed by atoms with van der Waals surface area (Å²) in [7, 11) is 1.00. The Morgan fingerprint density at radius 1 is 1.30 bits per heavy atom. The fourth-order valence-electron chi connectivity index (χ4n) is 0. The van der Waals surface area contributed by atoms with E-state index in [1.165, 1.54) is 0 Å². The smallest absolute Gasteiger partial charge is 0.475 e. The minimum Gasteiger partial charge on any atom is -0.475 e. The molecule has 0 heterocycles. The van der Waals surface area contributed by atoms with Crippen LogP contribution in [0.4, 0.5) is 13.2 Å². The Labute approximate surface area is 70.4 Å². The molecule has 3 nitrogen and oxygen atoms in total. The number of carboxylic acids is 1. The van der Waals surface area contributed by atoms with E-state index in [4.69, 9.17) is 15.0 Å². The van der Waals surface area contributed by atoms with Crippen LogP contribution in [0.5, 0.6) is 0 Å². The molecule has 0 spiro atoms. The monoisotopic (exact) mass is 253 g/mol. The van der Waals surface area contributed by atoms with Gasteiger partial charge in [0.25, 0.3) is 0 Å². The molecule has 0 aromatic carbocycles. The third-order valence-electron chi connectivity index (χ3n) is 0.243. The third kappa shape index (κ3) is 10.9. The van der Waals surface area contributed by atoms with Crippen LogP contribution < -0.4 is 0 Å². The molecule has 0 amide bonds. The Hall–Kier alpha value is -0.0397. The van der Waals surface area contributed by atoms with Gasteiger partial charge in [0.1, 0.15) is 0 Å². The van der Waals surface area contributed by atoms with Crippen molar-refractivity contribution < 1.29 is 50.6 Å². The van der Waals surface area contributed by atoms with Crippen molar-refractivity contribution in [3.8, 4) is 0 Å². The second-order valence-corrected chi connectivity index (χ2v) is 0.803. The molecule has 0 atom stereocenters. The number of hydrogen-bond donors (Lipinski definition) is 2. The van der Waals surface area contributed by atoms with E-state index in [0.717, 1.165) is 7.11 Å². The van der Waals surface area contributed by atoms with E-state index < -0.39 is 12.1 Å². The molecule has 10 heavy (non-hydrogen) atoms. The molecule has 0 rings (SSSR count). The molecule has 7 heteroatoms. The molecule has 1 radical (unpaired) electrons. The predicted octanol–water partition coefficient (Wildman–Crippen LogP) is 0.239. The first-order valence-corrected chi connectivity index (χ1v) is 1.69. The molecular formula is C3H5AgF3O3. The summed E-state index contributed by atoms with van der Waals surface area (Å²) in [6.07, 6.45) is -5.08. The number of halogens is 3. The summed E-state index contributed by atoms with van der Waals surface area (Å²) < 4.78 is 31.7. The maximum atomic E-state index is 10.6. The first-order chi connectivity index (χ1) is 3.94. The molecule has 2 N–H and O–H groups in total. The molecule has 0 saturated heterocycles. The quantitative estimate of drug-likeness (QED) is 0.609. The molecule has 0 fully saturated rings. The molecule has 0 unspecified atom stereocenters. The zero-order valence-electron chi connectivity index (χ0n) is 4.74. The minimum absolute atomic E-state index is 0. The molecule has 0 aliphatic rings. The Balaban J connectivity index is -0.000000149. The molecule has 67 valence electrons. The number of aliphatic carboxylic acids is 1. The number of aliphatic hydroxyl groups is 1. The maximum Gasteiger partial charge on any atom is 0.490 e. The fraction of sp³-hybridized carbons (Fsp3) is 0.667. The van der Waals surface area contributed by atoms with Gasteiger partial charge in [0, 0.05) is 29.5 Å². The zero-order chi connectivity index (χ0) is 8.08. The largest absolute Gasteiger partial charge is 0.490 e. The van der Waals surface area contributed by atoms with Gasteiger partial charge in [-0.1, -0.05) is 0 Å². The Morgan fingerprint density at radius 2 is 1.40 bits per heavy atom. The van der Waals surface area contributed by atoms with E-state index in [1.54, 1.807) is 0 Å².